The first kappa shape index (κ1) is 9.17. The topological polar surface area (TPSA) is 50.1 Å². The largest absolute Gasteiger partial charge is 0.317 e. The van der Waals surface area contributed by atoms with Gasteiger partial charge in [-0.15, -0.1) is 12.4 Å². The molecule has 1 rings (SSSR count). The molecule has 3 nitrogen and oxygen atoms in total. The highest BCUT2D eigenvalue weighted by Gasteiger charge is 2.08. The molecule has 0 aromatic carbocycles. The van der Waals surface area contributed by atoms with Crippen molar-refractivity contribution in [1.82, 2.24) is 10.7 Å². The number of rotatable bonds is 1. The molecule has 0 aromatic heterocycles. The Morgan fingerprint density at radius 1 is 1.33 bits per heavy atom. The van der Waals surface area contributed by atoms with Crippen LogP contribution in [-0.2, 0) is 0 Å². The van der Waals surface area contributed by atoms with E-state index in [9.17, 15) is 0 Å². The van der Waals surface area contributed by atoms with Gasteiger partial charge < -0.3 is 5.32 Å². The molecule has 4 heteroatoms. The lowest BCUT2D eigenvalue weighted by atomic mass is 10.1. The van der Waals surface area contributed by atoms with Crippen LogP contribution in [0.5, 0.6) is 0 Å². The van der Waals surface area contributed by atoms with Crippen LogP contribution in [0, 0.1) is 0 Å². The summed E-state index contributed by atoms with van der Waals surface area (Å²) < 4.78 is 0. The molecule has 0 aliphatic carbocycles. The quantitative estimate of drug-likeness (QED) is 0.354. The summed E-state index contributed by atoms with van der Waals surface area (Å²) in [7, 11) is 0. The summed E-state index contributed by atoms with van der Waals surface area (Å²) >= 11 is 0. The smallest absolute Gasteiger partial charge is 0.0234 e. The molecule has 1 aliphatic rings. The van der Waals surface area contributed by atoms with Gasteiger partial charge in [-0.1, -0.05) is 0 Å². The Morgan fingerprint density at radius 2 is 1.89 bits per heavy atom. The van der Waals surface area contributed by atoms with Gasteiger partial charge in [-0.25, -0.2) is 0 Å². The van der Waals surface area contributed by atoms with Crippen molar-refractivity contribution in [1.29, 1.82) is 0 Å². The van der Waals surface area contributed by atoms with E-state index in [-0.39, 0.29) is 12.4 Å². The predicted octanol–water partition coefficient (Wildman–Crippen LogP) is -0.377. The Morgan fingerprint density at radius 3 is 2.22 bits per heavy atom. The van der Waals surface area contributed by atoms with Crippen LogP contribution < -0.4 is 16.6 Å². The van der Waals surface area contributed by atoms with E-state index in [2.05, 4.69) is 10.7 Å². The molecule has 0 bridgehead atoms. The van der Waals surface area contributed by atoms with Gasteiger partial charge in [0.1, 0.15) is 0 Å². The molecule has 1 heterocycles. The summed E-state index contributed by atoms with van der Waals surface area (Å²) in [5.74, 6) is 5.23. The van der Waals surface area contributed by atoms with Crippen LogP contribution in [0.1, 0.15) is 12.8 Å². The highest BCUT2D eigenvalue weighted by molar-refractivity contribution is 5.85. The molecular weight excluding hydrogens is 138 g/mol. The second-order valence-electron chi connectivity index (χ2n) is 2.19. The number of hydrogen-bond donors (Lipinski definition) is 3. The average molecular weight is 152 g/mol. The Bertz CT molecular complexity index is 63.2. The van der Waals surface area contributed by atoms with Crippen molar-refractivity contribution in [2.45, 2.75) is 18.9 Å². The zero-order valence-corrected chi connectivity index (χ0v) is 6.21. The SMILES string of the molecule is Cl.NNC1CCNCC1. The summed E-state index contributed by atoms with van der Waals surface area (Å²) in [6, 6.07) is 0.552. The highest BCUT2D eigenvalue weighted by Crippen LogP contribution is 1.98. The van der Waals surface area contributed by atoms with Gasteiger partial charge in [0.25, 0.3) is 0 Å². The van der Waals surface area contributed by atoms with Crippen molar-refractivity contribution in [2.75, 3.05) is 13.1 Å². The summed E-state index contributed by atoms with van der Waals surface area (Å²) in [5, 5.41) is 3.25. The van der Waals surface area contributed by atoms with Gasteiger partial charge >= 0.3 is 0 Å². The molecule has 0 atom stereocenters. The molecular formula is C5H14ClN3. The minimum Gasteiger partial charge on any atom is -0.317 e. The first-order chi connectivity index (χ1) is 3.93. The van der Waals surface area contributed by atoms with Crippen LogP contribution in [-0.4, -0.2) is 19.1 Å². The lowest BCUT2D eigenvalue weighted by Gasteiger charge is -2.20. The van der Waals surface area contributed by atoms with E-state index in [1.54, 1.807) is 0 Å². The van der Waals surface area contributed by atoms with Gasteiger partial charge in [-0.05, 0) is 25.9 Å². The molecule has 0 radical (unpaired) electrons. The van der Waals surface area contributed by atoms with Gasteiger partial charge in [-0.3, -0.25) is 11.3 Å². The van der Waals surface area contributed by atoms with Gasteiger partial charge in [-0.2, -0.15) is 0 Å². The molecule has 56 valence electrons. The summed E-state index contributed by atoms with van der Waals surface area (Å²) in [6.07, 6.45) is 2.33. The maximum atomic E-state index is 5.23. The third kappa shape index (κ3) is 3.01. The standard InChI is InChI=1S/C5H13N3.ClH/c6-8-5-1-3-7-4-2-5;/h5,7-8H,1-4,6H2;1H. The normalized spacial score (nSPS) is 21.0. The molecule has 1 fully saturated rings. The molecule has 0 amide bonds. The van der Waals surface area contributed by atoms with Crippen molar-refractivity contribution < 1.29 is 0 Å². The number of piperidine rings is 1. The third-order valence-electron chi connectivity index (χ3n) is 1.57. The Kier molecular flexibility index (Phi) is 5.09. The van der Waals surface area contributed by atoms with E-state index in [0.29, 0.717) is 6.04 Å². The van der Waals surface area contributed by atoms with Gasteiger partial charge in [0.15, 0.2) is 0 Å². The van der Waals surface area contributed by atoms with Crippen LogP contribution in [0.25, 0.3) is 0 Å². The fraction of sp³-hybridized carbons (Fsp3) is 1.00. The molecule has 1 aliphatic heterocycles. The molecule has 1 saturated heterocycles. The Labute approximate surface area is 61.8 Å². The minimum absolute atomic E-state index is 0. The van der Waals surface area contributed by atoms with Crippen molar-refractivity contribution in [3.63, 3.8) is 0 Å². The van der Waals surface area contributed by atoms with E-state index < -0.39 is 0 Å². The van der Waals surface area contributed by atoms with E-state index in [0.717, 1.165) is 25.9 Å². The zero-order chi connectivity index (χ0) is 5.82. The lowest BCUT2D eigenvalue weighted by molar-refractivity contribution is 0.394. The van der Waals surface area contributed by atoms with Gasteiger partial charge in [0.2, 0.25) is 0 Å². The lowest BCUT2D eigenvalue weighted by Crippen LogP contribution is -2.43. The zero-order valence-electron chi connectivity index (χ0n) is 5.39. The number of nitrogens with two attached hydrogens (primary N) is 1. The Balaban J connectivity index is 0.000000640. The monoisotopic (exact) mass is 151 g/mol. The van der Waals surface area contributed by atoms with E-state index >= 15 is 0 Å². The fourth-order valence-electron chi connectivity index (χ4n) is 0.989. The van der Waals surface area contributed by atoms with Gasteiger partial charge in [0, 0.05) is 6.04 Å². The van der Waals surface area contributed by atoms with Crippen LogP contribution in [0.4, 0.5) is 0 Å². The first-order valence-electron chi connectivity index (χ1n) is 3.10. The fourth-order valence-corrected chi connectivity index (χ4v) is 0.989. The molecule has 0 unspecified atom stereocenters. The number of hydrogen-bond acceptors (Lipinski definition) is 3. The number of hydrazine groups is 1. The van der Waals surface area contributed by atoms with E-state index in [1.807, 2.05) is 0 Å². The molecule has 0 spiro atoms. The van der Waals surface area contributed by atoms with Crippen LogP contribution in [0.2, 0.25) is 0 Å². The van der Waals surface area contributed by atoms with Crippen molar-refractivity contribution in [2.24, 2.45) is 5.84 Å². The van der Waals surface area contributed by atoms with Crippen LogP contribution in [0.3, 0.4) is 0 Å². The van der Waals surface area contributed by atoms with E-state index in [1.165, 1.54) is 0 Å². The van der Waals surface area contributed by atoms with Crippen LogP contribution in [0.15, 0.2) is 0 Å². The molecule has 4 N–H and O–H groups in total. The van der Waals surface area contributed by atoms with Gasteiger partial charge in [0.05, 0.1) is 0 Å². The second-order valence-corrected chi connectivity index (χ2v) is 2.19. The summed E-state index contributed by atoms with van der Waals surface area (Å²) in [6.45, 7) is 2.21. The third-order valence-corrected chi connectivity index (χ3v) is 1.57. The average Bonchev–Trinajstić information content (AvgIpc) is 1.90. The maximum absolute atomic E-state index is 5.23. The van der Waals surface area contributed by atoms with Crippen molar-refractivity contribution in [3.05, 3.63) is 0 Å². The highest BCUT2D eigenvalue weighted by atomic mass is 35.5. The van der Waals surface area contributed by atoms with Crippen molar-refractivity contribution >= 4 is 12.4 Å². The molecule has 0 saturated carbocycles. The molecule has 0 aromatic rings. The molecule has 9 heavy (non-hydrogen) atoms. The summed E-state index contributed by atoms with van der Waals surface area (Å²) in [4.78, 5) is 0. The van der Waals surface area contributed by atoms with Crippen LogP contribution >= 0.6 is 12.4 Å². The van der Waals surface area contributed by atoms with Crippen molar-refractivity contribution in [3.8, 4) is 0 Å². The first-order valence-corrected chi connectivity index (χ1v) is 3.10. The minimum atomic E-state index is 0. The number of nitrogens with one attached hydrogen (secondary N) is 2. The Hall–Kier alpha value is 0.170. The van der Waals surface area contributed by atoms with E-state index in [4.69, 9.17) is 5.84 Å². The predicted molar refractivity (Wildman–Crippen MR) is 40.5 cm³/mol. The maximum Gasteiger partial charge on any atom is 0.0234 e. The number of halogens is 1. The summed E-state index contributed by atoms with van der Waals surface area (Å²) in [5.41, 5.74) is 2.76. The second kappa shape index (κ2) is 4.99.